The smallest absolute Gasteiger partial charge is 0.201 e. The normalized spacial score (nSPS) is 11.2. The molecule has 0 aliphatic rings. The topological polar surface area (TPSA) is 31.4 Å². The van der Waals surface area contributed by atoms with E-state index >= 15 is 0 Å². The van der Waals surface area contributed by atoms with Crippen LogP contribution in [-0.2, 0) is 9.47 Å². The van der Waals surface area contributed by atoms with Crippen molar-refractivity contribution in [3.05, 3.63) is 39.3 Å². The van der Waals surface area contributed by atoms with E-state index in [2.05, 4.69) is 46.0 Å². The second kappa shape index (κ2) is 5.93. The van der Waals surface area contributed by atoms with Crippen LogP contribution < -0.4 is 0 Å². The van der Waals surface area contributed by atoms with Gasteiger partial charge in [-0.3, -0.25) is 0 Å². The number of hydrogen-bond donors (Lipinski definition) is 0. The van der Waals surface area contributed by atoms with Crippen LogP contribution in [0.25, 0.3) is 10.6 Å². The molecule has 96 valence electrons. The van der Waals surface area contributed by atoms with E-state index in [0.29, 0.717) is 0 Å². The maximum atomic E-state index is 5.19. The number of rotatable bonds is 4. The molecule has 2 aromatic rings. The zero-order chi connectivity index (χ0) is 13.1. The molecule has 0 fully saturated rings. The number of nitrogens with zero attached hydrogens (tertiary/aromatic N) is 1. The molecule has 0 saturated carbocycles. The second-order valence-corrected chi connectivity index (χ2v) is 5.58. The lowest BCUT2D eigenvalue weighted by Crippen LogP contribution is -2.03. The third kappa shape index (κ3) is 2.80. The van der Waals surface area contributed by atoms with Gasteiger partial charge in [0.25, 0.3) is 0 Å². The Morgan fingerprint density at radius 2 is 2.00 bits per heavy atom. The summed E-state index contributed by atoms with van der Waals surface area (Å²) in [7, 11) is 3.21. The number of aromatic nitrogens is 1. The van der Waals surface area contributed by atoms with Crippen LogP contribution in [0.4, 0.5) is 0 Å². The van der Waals surface area contributed by atoms with E-state index in [9.17, 15) is 0 Å². The van der Waals surface area contributed by atoms with Gasteiger partial charge in [0.1, 0.15) is 10.7 Å². The first-order valence-corrected chi connectivity index (χ1v) is 7.10. The summed E-state index contributed by atoms with van der Waals surface area (Å²) in [6.07, 6.45) is -0.403. The molecule has 0 saturated heterocycles. The molecule has 0 unspecified atom stereocenters. The zero-order valence-electron chi connectivity index (χ0n) is 10.4. The molecule has 18 heavy (non-hydrogen) atoms. The highest BCUT2D eigenvalue weighted by atomic mass is 79.9. The Morgan fingerprint density at radius 3 is 2.61 bits per heavy atom. The Morgan fingerprint density at radius 1 is 1.28 bits per heavy atom. The van der Waals surface area contributed by atoms with Gasteiger partial charge in [-0.25, -0.2) is 4.98 Å². The van der Waals surface area contributed by atoms with Gasteiger partial charge in [0, 0.05) is 29.6 Å². The van der Waals surface area contributed by atoms with Gasteiger partial charge in [0.15, 0.2) is 0 Å². The molecule has 0 spiro atoms. The number of ether oxygens (including phenoxy) is 2. The summed E-state index contributed by atoms with van der Waals surface area (Å²) < 4.78 is 11.4. The average Bonchev–Trinajstić information content (AvgIpc) is 2.80. The first kappa shape index (κ1) is 13.7. The molecule has 0 aliphatic carbocycles. The molecule has 0 N–H and O–H groups in total. The minimum Gasteiger partial charge on any atom is -0.350 e. The Kier molecular flexibility index (Phi) is 4.50. The van der Waals surface area contributed by atoms with Crippen LogP contribution in [0.3, 0.4) is 0 Å². The number of halogens is 1. The molecule has 0 aliphatic heterocycles. The number of methoxy groups -OCH3 is 2. The van der Waals surface area contributed by atoms with Crippen molar-refractivity contribution in [2.75, 3.05) is 14.2 Å². The van der Waals surface area contributed by atoms with Gasteiger partial charge in [-0.2, -0.15) is 0 Å². The van der Waals surface area contributed by atoms with Gasteiger partial charge < -0.3 is 9.47 Å². The lowest BCUT2D eigenvalue weighted by Gasteiger charge is -2.09. The van der Waals surface area contributed by atoms with Gasteiger partial charge in [-0.1, -0.05) is 28.1 Å². The van der Waals surface area contributed by atoms with E-state index in [1.165, 1.54) is 5.56 Å². The van der Waals surface area contributed by atoms with E-state index < -0.39 is 6.29 Å². The van der Waals surface area contributed by atoms with Crippen molar-refractivity contribution in [3.63, 3.8) is 0 Å². The first-order valence-electron chi connectivity index (χ1n) is 5.43. The van der Waals surface area contributed by atoms with E-state index in [1.807, 2.05) is 5.38 Å². The lowest BCUT2D eigenvalue weighted by molar-refractivity contribution is -0.108. The van der Waals surface area contributed by atoms with Crippen LogP contribution in [0.5, 0.6) is 0 Å². The maximum absolute atomic E-state index is 5.19. The molecule has 0 radical (unpaired) electrons. The summed E-state index contributed by atoms with van der Waals surface area (Å²) in [5, 5.41) is 2.91. The molecule has 1 aromatic heterocycles. The molecular weight excluding hydrogens is 314 g/mol. The molecule has 0 atom stereocenters. The van der Waals surface area contributed by atoms with Crippen molar-refractivity contribution >= 4 is 27.3 Å². The van der Waals surface area contributed by atoms with E-state index in [0.717, 1.165) is 20.7 Å². The summed E-state index contributed by atoms with van der Waals surface area (Å²) in [6.45, 7) is 2.06. The third-order valence-corrected chi connectivity index (χ3v) is 4.10. The fourth-order valence-electron chi connectivity index (χ4n) is 1.65. The third-order valence-electron chi connectivity index (χ3n) is 2.55. The predicted molar refractivity (Wildman–Crippen MR) is 76.7 cm³/mol. The number of thiazole rings is 1. The van der Waals surface area contributed by atoms with Crippen molar-refractivity contribution in [1.82, 2.24) is 4.98 Å². The Labute approximate surface area is 119 Å². The van der Waals surface area contributed by atoms with Crippen LogP contribution in [-0.4, -0.2) is 19.2 Å². The maximum Gasteiger partial charge on any atom is 0.201 e. The average molecular weight is 328 g/mol. The molecule has 5 heteroatoms. The highest BCUT2D eigenvalue weighted by Crippen LogP contribution is 2.33. The van der Waals surface area contributed by atoms with Crippen molar-refractivity contribution in [3.8, 4) is 10.6 Å². The number of aryl methyl sites for hydroxylation is 1. The molecule has 1 aromatic carbocycles. The van der Waals surface area contributed by atoms with E-state index in [4.69, 9.17) is 9.47 Å². The van der Waals surface area contributed by atoms with Crippen LogP contribution in [0.1, 0.15) is 17.5 Å². The fourth-order valence-corrected chi connectivity index (χ4v) is 3.32. The predicted octanol–water partition coefficient (Wildman–Crippen LogP) is 4.17. The molecule has 3 nitrogen and oxygen atoms in total. The highest BCUT2D eigenvalue weighted by molar-refractivity contribution is 9.10. The van der Waals surface area contributed by atoms with Gasteiger partial charge in [0.05, 0.1) is 0 Å². The second-order valence-electron chi connectivity index (χ2n) is 3.86. The van der Waals surface area contributed by atoms with Crippen LogP contribution in [0.15, 0.2) is 28.1 Å². The van der Waals surface area contributed by atoms with E-state index in [-0.39, 0.29) is 0 Å². The molecule has 1 heterocycles. The summed E-state index contributed by atoms with van der Waals surface area (Å²) in [5.74, 6) is 0. The summed E-state index contributed by atoms with van der Waals surface area (Å²) in [4.78, 5) is 4.55. The van der Waals surface area contributed by atoms with Crippen LogP contribution in [0.2, 0.25) is 0 Å². The molecule has 0 bridgehead atoms. The monoisotopic (exact) mass is 327 g/mol. The first-order chi connectivity index (χ1) is 8.65. The summed E-state index contributed by atoms with van der Waals surface area (Å²) in [5.41, 5.74) is 3.10. The quantitative estimate of drug-likeness (QED) is 0.789. The van der Waals surface area contributed by atoms with Crippen molar-refractivity contribution < 1.29 is 9.47 Å². The summed E-state index contributed by atoms with van der Waals surface area (Å²) in [6, 6.07) is 6.22. The van der Waals surface area contributed by atoms with Gasteiger partial charge in [-0.15, -0.1) is 11.3 Å². The lowest BCUT2D eigenvalue weighted by atomic mass is 10.2. The molecular formula is C13H14BrNO2S. The SMILES string of the molecule is COC(OC)c1csc(-c2ccc(C)cc2Br)n1. The molecule has 0 amide bonds. The van der Waals surface area contributed by atoms with Gasteiger partial charge in [-0.05, 0) is 18.6 Å². The van der Waals surface area contributed by atoms with Gasteiger partial charge >= 0.3 is 0 Å². The van der Waals surface area contributed by atoms with Crippen LogP contribution >= 0.6 is 27.3 Å². The largest absolute Gasteiger partial charge is 0.350 e. The Balaban J connectivity index is 2.34. The van der Waals surface area contributed by atoms with Crippen molar-refractivity contribution in [2.45, 2.75) is 13.2 Å². The summed E-state index contributed by atoms with van der Waals surface area (Å²) >= 11 is 5.15. The highest BCUT2D eigenvalue weighted by Gasteiger charge is 2.15. The van der Waals surface area contributed by atoms with E-state index in [1.54, 1.807) is 25.6 Å². The number of hydrogen-bond acceptors (Lipinski definition) is 4. The van der Waals surface area contributed by atoms with Crippen molar-refractivity contribution in [2.24, 2.45) is 0 Å². The minimum atomic E-state index is -0.403. The van der Waals surface area contributed by atoms with Crippen LogP contribution in [0, 0.1) is 6.92 Å². The number of benzene rings is 1. The van der Waals surface area contributed by atoms with Crippen molar-refractivity contribution in [1.29, 1.82) is 0 Å². The van der Waals surface area contributed by atoms with Gasteiger partial charge in [0.2, 0.25) is 6.29 Å². The zero-order valence-corrected chi connectivity index (χ0v) is 12.8. The molecule has 2 rings (SSSR count). The standard InChI is InChI=1S/C13H14BrNO2S/c1-8-4-5-9(10(14)6-8)12-15-11(7-18-12)13(16-2)17-3/h4-7,13H,1-3H3. The fraction of sp³-hybridized carbons (Fsp3) is 0.308. The Bertz CT molecular complexity index is 538. The Hall–Kier alpha value is -0.750. The minimum absolute atomic E-state index is 0.403.